The number of rotatable bonds is 1. The molecule has 1 radical (unpaired) electrons. The van der Waals surface area contributed by atoms with E-state index in [0.29, 0.717) is 0 Å². The summed E-state index contributed by atoms with van der Waals surface area (Å²) in [5.41, 5.74) is 0. The third-order valence-electron chi connectivity index (χ3n) is 1.62. The molecule has 1 saturated carbocycles. The summed E-state index contributed by atoms with van der Waals surface area (Å²) < 4.78 is 0. The minimum absolute atomic E-state index is 0.831. The van der Waals surface area contributed by atoms with E-state index in [4.69, 9.17) is 6.42 Å². The summed E-state index contributed by atoms with van der Waals surface area (Å²) in [6.45, 7) is 0. The highest BCUT2D eigenvalue weighted by molar-refractivity contribution is 4.83. The van der Waals surface area contributed by atoms with Crippen LogP contribution in [0.15, 0.2) is 0 Å². The maximum Gasteiger partial charge on any atom is 0.0127 e. The van der Waals surface area contributed by atoms with Crippen molar-refractivity contribution in [3.63, 3.8) is 0 Å². The average Bonchev–Trinajstić information content (AvgIpc) is 1.55. The van der Waals surface area contributed by atoms with E-state index >= 15 is 0 Å². The molecule has 37 valence electrons. The molecule has 0 spiro atoms. The minimum Gasteiger partial charge on any atom is -0.0888 e. The van der Waals surface area contributed by atoms with Crippen molar-refractivity contribution >= 4 is 0 Å². The lowest BCUT2D eigenvalue weighted by Crippen LogP contribution is -2.08. The first-order chi connectivity index (χ1) is 3.43. The van der Waals surface area contributed by atoms with Crippen LogP contribution < -0.4 is 0 Å². The van der Waals surface area contributed by atoms with E-state index in [2.05, 4.69) is 5.92 Å². The maximum absolute atomic E-state index is 6.62. The van der Waals surface area contributed by atoms with Gasteiger partial charge in [0.1, 0.15) is 0 Å². The second-order valence-electron chi connectivity index (χ2n) is 2.18. The van der Waals surface area contributed by atoms with Crippen LogP contribution in [0.1, 0.15) is 25.7 Å². The Morgan fingerprint density at radius 2 is 2.29 bits per heavy atom. The van der Waals surface area contributed by atoms with Gasteiger partial charge in [-0.05, 0) is 25.2 Å². The first kappa shape index (κ1) is 4.71. The highest BCUT2D eigenvalue weighted by Gasteiger charge is 2.14. The largest absolute Gasteiger partial charge is 0.0888 e. The number of hydrogen-bond acceptors (Lipinski definition) is 0. The second-order valence-corrected chi connectivity index (χ2v) is 2.18. The zero-order valence-corrected chi connectivity index (χ0v) is 4.41. The third kappa shape index (κ3) is 0.962. The fourth-order valence-electron chi connectivity index (χ4n) is 0.841. The van der Waals surface area contributed by atoms with Crippen LogP contribution in [0.2, 0.25) is 0 Å². The zero-order valence-electron chi connectivity index (χ0n) is 4.41. The van der Waals surface area contributed by atoms with E-state index in [0.717, 1.165) is 12.3 Å². The summed E-state index contributed by atoms with van der Waals surface area (Å²) in [6.07, 6.45) is 11.6. The van der Waals surface area contributed by atoms with Crippen molar-refractivity contribution in [2.24, 2.45) is 5.92 Å². The molecule has 0 N–H and O–H groups in total. The van der Waals surface area contributed by atoms with E-state index < -0.39 is 0 Å². The van der Waals surface area contributed by atoms with Gasteiger partial charge in [0.25, 0.3) is 0 Å². The van der Waals surface area contributed by atoms with Gasteiger partial charge in [-0.1, -0.05) is 12.3 Å². The van der Waals surface area contributed by atoms with Gasteiger partial charge in [0.05, 0.1) is 0 Å². The minimum atomic E-state index is 0.831. The van der Waals surface area contributed by atoms with E-state index in [9.17, 15) is 0 Å². The summed E-state index contributed by atoms with van der Waals surface area (Å²) in [5, 5.41) is 0. The van der Waals surface area contributed by atoms with E-state index in [-0.39, 0.29) is 0 Å². The molecule has 0 heterocycles. The lowest BCUT2D eigenvalue weighted by Gasteiger charge is -2.22. The molecule has 1 aliphatic rings. The lowest BCUT2D eigenvalue weighted by atomic mass is 9.83. The van der Waals surface area contributed by atoms with Gasteiger partial charge in [0.2, 0.25) is 0 Å². The van der Waals surface area contributed by atoms with Crippen LogP contribution in [0.5, 0.6) is 0 Å². The van der Waals surface area contributed by atoms with E-state index in [1.54, 1.807) is 0 Å². The molecule has 0 atom stereocenters. The molecule has 0 heteroatoms. The molecule has 0 bridgehead atoms. The predicted octanol–water partition coefficient (Wildman–Crippen LogP) is 1.77. The van der Waals surface area contributed by atoms with Crippen molar-refractivity contribution in [3.05, 3.63) is 6.42 Å². The van der Waals surface area contributed by atoms with Gasteiger partial charge in [0.15, 0.2) is 0 Å². The Bertz CT molecular complexity index is 82.7. The van der Waals surface area contributed by atoms with Crippen molar-refractivity contribution < 1.29 is 0 Å². The second kappa shape index (κ2) is 2.02. The van der Waals surface area contributed by atoms with Crippen molar-refractivity contribution in [1.82, 2.24) is 0 Å². The Kier molecular flexibility index (Phi) is 1.36. The van der Waals surface area contributed by atoms with Gasteiger partial charge in [-0.3, -0.25) is 0 Å². The fraction of sp³-hybridized carbons (Fsp3) is 0.714. The van der Waals surface area contributed by atoms with Crippen LogP contribution in [-0.2, 0) is 0 Å². The molecule has 1 rings (SSSR count). The first-order valence-electron chi connectivity index (χ1n) is 2.83. The van der Waals surface area contributed by atoms with Crippen LogP contribution in [0.25, 0.3) is 0 Å². The zero-order chi connectivity index (χ0) is 5.11. The van der Waals surface area contributed by atoms with Crippen molar-refractivity contribution in [3.8, 4) is 5.92 Å². The summed E-state index contributed by atoms with van der Waals surface area (Å²) in [7, 11) is 0. The SMILES string of the molecule is [C]#CCC1CCC1. The fourth-order valence-corrected chi connectivity index (χ4v) is 0.841. The average molecular weight is 93.1 g/mol. The van der Waals surface area contributed by atoms with Gasteiger partial charge in [0, 0.05) is 6.42 Å². The van der Waals surface area contributed by atoms with Gasteiger partial charge >= 0.3 is 0 Å². The predicted molar refractivity (Wildman–Crippen MR) is 29.1 cm³/mol. The molecule has 0 unspecified atom stereocenters. The Balaban J connectivity index is 2.06. The van der Waals surface area contributed by atoms with Crippen LogP contribution in [0.3, 0.4) is 0 Å². The van der Waals surface area contributed by atoms with Crippen molar-refractivity contribution in [2.75, 3.05) is 0 Å². The molecule has 0 aromatic heterocycles. The van der Waals surface area contributed by atoms with Crippen LogP contribution in [0, 0.1) is 18.3 Å². The molecule has 1 aliphatic carbocycles. The molecular formula is C7H9. The summed E-state index contributed by atoms with van der Waals surface area (Å²) in [4.78, 5) is 0. The van der Waals surface area contributed by atoms with Gasteiger partial charge < -0.3 is 0 Å². The molecule has 7 heavy (non-hydrogen) atoms. The van der Waals surface area contributed by atoms with Crippen molar-refractivity contribution in [2.45, 2.75) is 25.7 Å². The molecule has 0 saturated heterocycles. The molecular weight excluding hydrogens is 84.1 g/mol. The molecule has 0 nitrogen and oxygen atoms in total. The van der Waals surface area contributed by atoms with Gasteiger partial charge in [-0.15, -0.1) is 0 Å². The highest BCUT2D eigenvalue weighted by atomic mass is 14.2. The topological polar surface area (TPSA) is 0 Å². The quantitative estimate of drug-likeness (QED) is 0.433. The molecule has 0 aromatic rings. The normalized spacial score (nSPS) is 20.4. The maximum atomic E-state index is 6.62. The lowest BCUT2D eigenvalue weighted by molar-refractivity contribution is 0.323. The molecule has 0 aliphatic heterocycles. The van der Waals surface area contributed by atoms with Crippen LogP contribution in [0.4, 0.5) is 0 Å². The van der Waals surface area contributed by atoms with Crippen LogP contribution >= 0.6 is 0 Å². The number of hydrogen-bond donors (Lipinski definition) is 0. The Hall–Kier alpha value is -0.440. The van der Waals surface area contributed by atoms with Crippen molar-refractivity contribution in [1.29, 1.82) is 0 Å². The Labute approximate surface area is 44.9 Å². The smallest absolute Gasteiger partial charge is 0.0127 e. The van der Waals surface area contributed by atoms with Gasteiger partial charge in [-0.25, -0.2) is 0 Å². The van der Waals surface area contributed by atoms with Gasteiger partial charge in [-0.2, -0.15) is 0 Å². The van der Waals surface area contributed by atoms with E-state index in [1.807, 2.05) is 0 Å². The molecule has 1 fully saturated rings. The summed E-state index contributed by atoms with van der Waals surface area (Å²) in [5.74, 6) is 3.25. The Morgan fingerprint density at radius 3 is 2.43 bits per heavy atom. The van der Waals surface area contributed by atoms with Crippen LogP contribution in [-0.4, -0.2) is 0 Å². The molecule has 0 aromatic carbocycles. The third-order valence-corrected chi connectivity index (χ3v) is 1.62. The van der Waals surface area contributed by atoms with E-state index in [1.165, 1.54) is 19.3 Å². The Morgan fingerprint density at radius 1 is 1.57 bits per heavy atom. The summed E-state index contributed by atoms with van der Waals surface area (Å²) >= 11 is 0. The first-order valence-corrected chi connectivity index (χ1v) is 2.83. The standard InChI is InChI=1S/C7H9/c1-2-4-7-5-3-6-7/h7H,3-6H2. The molecule has 0 amide bonds. The summed E-state index contributed by atoms with van der Waals surface area (Å²) in [6, 6.07) is 0. The monoisotopic (exact) mass is 93.1 g/mol. The highest BCUT2D eigenvalue weighted by Crippen LogP contribution is 2.28.